The van der Waals surface area contributed by atoms with Crippen LogP contribution in [-0.4, -0.2) is 13.2 Å². The van der Waals surface area contributed by atoms with Crippen molar-refractivity contribution in [2.75, 3.05) is 13.2 Å². The zero-order chi connectivity index (χ0) is 9.68. The van der Waals surface area contributed by atoms with Crippen molar-refractivity contribution in [3.63, 3.8) is 0 Å². The van der Waals surface area contributed by atoms with E-state index in [1.54, 1.807) is 0 Å². The maximum atomic E-state index is 5.75. The fourth-order valence-electron chi connectivity index (χ4n) is 1.11. The molecule has 0 aliphatic heterocycles. The second kappa shape index (κ2) is 6.65. The lowest BCUT2D eigenvalue weighted by atomic mass is 10.1. The molecule has 0 unspecified atom stereocenters. The van der Waals surface area contributed by atoms with E-state index < -0.39 is 0 Å². The lowest BCUT2D eigenvalue weighted by Crippen LogP contribution is -2.20. The van der Waals surface area contributed by atoms with Crippen LogP contribution in [0.3, 0.4) is 0 Å². The molecule has 0 heterocycles. The highest BCUT2D eigenvalue weighted by atomic mass is 35.5. The Morgan fingerprint density at radius 1 is 1.29 bits per heavy atom. The van der Waals surface area contributed by atoms with E-state index in [-0.39, 0.29) is 18.4 Å². The molecule has 0 bridgehead atoms. The maximum absolute atomic E-state index is 5.75. The minimum atomic E-state index is -0.0734. The Morgan fingerprint density at radius 3 is 2.29 bits per heavy atom. The van der Waals surface area contributed by atoms with Crippen molar-refractivity contribution in [1.29, 1.82) is 0 Å². The third-order valence-electron chi connectivity index (χ3n) is 1.87. The van der Waals surface area contributed by atoms with Gasteiger partial charge in [-0.05, 0) is 24.6 Å². The molecule has 4 N–H and O–H groups in total. The number of benzene rings is 1. The molecule has 0 aliphatic carbocycles. The smallest absolute Gasteiger partial charge is 0.119 e. The van der Waals surface area contributed by atoms with Crippen molar-refractivity contribution in [3.05, 3.63) is 29.8 Å². The molecule has 0 saturated heterocycles. The van der Waals surface area contributed by atoms with Crippen molar-refractivity contribution in [2.45, 2.75) is 13.0 Å². The first-order valence-corrected chi connectivity index (χ1v) is 4.46. The van der Waals surface area contributed by atoms with Gasteiger partial charge in [-0.25, -0.2) is 0 Å². The minimum absolute atomic E-state index is 0. The van der Waals surface area contributed by atoms with Gasteiger partial charge >= 0.3 is 0 Å². The quantitative estimate of drug-likeness (QED) is 0.801. The van der Waals surface area contributed by atoms with Gasteiger partial charge in [-0.3, -0.25) is 0 Å². The molecular formula is C10H17ClN2O. The van der Waals surface area contributed by atoms with Crippen LogP contribution in [0.4, 0.5) is 0 Å². The molecule has 0 fully saturated rings. The van der Waals surface area contributed by atoms with Crippen molar-refractivity contribution < 1.29 is 4.74 Å². The van der Waals surface area contributed by atoms with Crippen molar-refractivity contribution >= 4 is 12.4 Å². The van der Waals surface area contributed by atoms with E-state index in [1.165, 1.54) is 0 Å². The van der Waals surface area contributed by atoms with Crippen LogP contribution in [0.1, 0.15) is 18.5 Å². The molecule has 4 heteroatoms. The number of halogens is 1. The SMILES string of the molecule is CCOc1ccc([C@@H](N)CN)cc1.Cl. The summed E-state index contributed by atoms with van der Waals surface area (Å²) in [4.78, 5) is 0. The molecule has 14 heavy (non-hydrogen) atoms. The van der Waals surface area contributed by atoms with E-state index in [9.17, 15) is 0 Å². The summed E-state index contributed by atoms with van der Waals surface area (Å²) in [5, 5.41) is 0. The molecular weight excluding hydrogens is 200 g/mol. The second-order valence-electron chi connectivity index (χ2n) is 2.84. The summed E-state index contributed by atoms with van der Waals surface area (Å²) in [7, 11) is 0. The Balaban J connectivity index is 0.00000169. The van der Waals surface area contributed by atoms with Gasteiger partial charge in [-0.1, -0.05) is 12.1 Å². The van der Waals surface area contributed by atoms with Gasteiger partial charge in [-0.15, -0.1) is 12.4 Å². The summed E-state index contributed by atoms with van der Waals surface area (Å²) >= 11 is 0. The first kappa shape index (κ1) is 13.2. The van der Waals surface area contributed by atoms with Gasteiger partial charge < -0.3 is 16.2 Å². The van der Waals surface area contributed by atoms with E-state index in [0.29, 0.717) is 13.2 Å². The third kappa shape index (κ3) is 3.54. The van der Waals surface area contributed by atoms with Crippen molar-refractivity contribution in [1.82, 2.24) is 0 Å². The van der Waals surface area contributed by atoms with Crippen LogP contribution in [0.15, 0.2) is 24.3 Å². The molecule has 3 nitrogen and oxygen atoms in total. The number of hydrogen-bond acceptors (Lipinski definition) is 3. The lowest BCUT2D eigenvalue weighted by molar-refractivity contribution is 0.340. The first-order valence-electron chi connectivity index (χ1n) is 4.46. The fraction of sp³-hybridized carbons (Fsp3) is 0.400. The van der Waals surface area contributed by atoms with Crippen LogP contribution < -0.4 is 16.2 Å². The van der Waals surface area contributed by atoms with Crippen LogP contribution >= 0.6 is 12.4 Å². The monoisotopic (exact) mass is 216 g/mol. The van der Waals surface area contributed by atoms with Crippen molar-refractivity contribution in [2.24, 2.45) is 11.5 Å². The summed E-state index contributed by atoms with van der Waals surface area (Å²) in [5.74, 6) is 0.871. The van der Waals surface area contributed by atoms with Crippen LogP contribution in [0.5, 0.6) is 5.75 Å². The standard InChI is InChI=1S/C10H16N2O.ClH/c1-2-13-9-5-3-8(4-6-9)10(12)7-11;/h3-6,10H,2,7,11-12H2,1H3;1H/t10-;/m0./s1. The van der Waals surface area contributed by atoms with Crippen LogP contribution in [-0.2, 0) is 0 Å². The molecule has 1 aromatic carbocycles. The van der Waals surface area contributed by atoms with E-state index in [1.807, 2.05) is 31.2 Å². The molecule has 0 spiro atoms. The Labute approximate surface area is 90.8 Å². The van der Waals surface area contributed by atoms with Gasteiger partial charge in [0.15, 0.2) is 0 Å². The van der Waals surface area contributed by atoms with Crippen LogP contribution in [0.2, 0.25) is 0 Å². The molecule has 0 amide bonds. The molecule has 0 radical (unpaired) electrons. The van der Waals surface area contributed by atoms with Crippen molar-refractivity contribution in [3.8, 4) is 5.75 Å². The average Bonchev–Trinajstić information content (AvgIpc) is 2.18. The van der Waals surface area contributed by atoms with Crippen LogP contribution in [0.25, 0.3) is 0 Å². The largest absolute Gasteiger partial charge is 0.494 e. The summed E-state index contributed by atoms with van der Waals surface area (Å²) < 4.78 is 5.30. The Hall–Kier alpha value is -0.770. The van der Waals surface area contributed by atoms with Gasteiger partial charge in [0, 0.05) is 12.6 Å². The topological polar surface area (TPSA) is 61.3 Å². The molecule has 0 aliphatic rings. The van der Waals surface area contributed by atoms with Gasteiger partial charge in [0.05, 0.1) is 6.61 Å². The number of nitrogens with two attached hydrogens (primary N) is 2. The lowest BCUT2D eigenvalue weighted by Gasteiger charge is -2.09. The molecule has 0 aromatic heterocycles. The summed E-state index contributed by atoms with van der Waals surface area (Å²) in [6, 6.07) is 7.64. The Morgan fingerprint density at radius 2 is 1.86 bits per heavy atom. The highest BCUT2D eigenvalue weighted by molar-refractivity contribution is 5.85. The molecule has 0 saturated carbocycles. The summed E-state index contributed by atoms with van der Waals surface area (Å²) in [6.45, 7) is 3.11. The van der Waals surface area contributed by atoms with Gasteiger partial charge in [-0.2, -0.15) is 0 Å². The fourth-order valence-corrected chi connectivity index (χ4v) is 1.11. The number of rotatable bonds is 4. The summed E-state index contributed by atoms with van der Waals surface area (Å²) in [5.41, 5.74) is 12.2. The van der Waals surface area contributed by atoms with E-state index >= 15 is 0 Å². The highest BCUT2D eigenvalue weighted by Gasteiger charge is 2.02. The predicted octanol–water partition coefficient (Wildman–Crippen LogP) is 1.47. The van der Waals surface area contributed by atoms with Gasteiger partial charge in [0.2, 0.25) is 0 Å². The van der Waals surface area contributed by atoms with Gasteiger partial charge in [0.1, 0.15) is 5.75 Å². The number of ether oxygens (including phenoxy) is 1. The van der Waals surface area contributed by atoms with Crippen LogP contribution in [0, 0.1) is 0 Å². The molecule has 1 aromatic rings. The summed E-state index contributed by atoms with van der Waals surface area (Å²) in [6.07, 6.45) is 0. The molecule has 1 rings (SSSR count). The third-order valence-corrected chi connectivity index (χ3v) is 1.87. The maximum Gasteiger partial charge on any atom is 0.119 e. The second-order valence-corrected chi connectivity index (χ2v) is 2.84. The normalized spacial score (nSPS) is 11.6. The first-order chi connectivity index (χ1) is 6.27. The van der Waals surface area contributed by atoms with E-state index in [4.69, 9.17) is 16.2 Å². The predicted molar refractivity (Wildman–Crippen MR) is 60.8 cm³/mol. The zero-order valence-corrected chi connectivity index (χ0v) is 9.09. The molecule has 80 valence electrons. The van der Waals surface area contributed by atoms with Gasteiger partial charge in [0.25, 0.3) is 0 Å². The minimum Gasteiger partial charge on any atom is -0.494 e. The van der Waals surface area contributed by atoms with E-state index in [2.05, 4.69) is 0 Å². The number of hydrogen-bond donors (Lipinski definition) is 2. The average molecular weight is 217 g/mol. The molecule has 1 atom stereocenters. The highest BCUT2D eigenvalue weighted by Crippen LogP contribution is 2.15. The Bertz CT molecular complexity index is 251. The zero-order valence-electron chi connectivity index (χ0n) is 8.27. The Kier molecular flexibility index (Phi) is 6.28. The van der Waals surface area contributed by atoms with E-state index in [0.717, 1.165) is 11.3 Å².